The lowest BCUT2D eigenvalue weighted by Gasteiger charge is -2.46. The van der Waals surface area contributed by atoms with Crippen molar-refractivity contribution >= 4 is 0 Å². The van der Waals surface area contributed by atoms with Crippen molar-refractivity contribution < 1.29 is 0 Å². The van der Waals surface area contributed by atoms with Crippen LogP contribution in [0.4, 0.5) is 0 Å². The third kappa shape index (κ3) is 4.46. The Morgan fingerprint density at radius 3 is 2.32 bits per heavy atom. The Morgan fingerprint density at radius 2 is 1.84 bits per heavy atom. The van der Waals surface area contributed by atoms with E-state index in [1.165, 1.54) is 32.2 Å². The van der Waals surface area contributed by atoms with E-state index in [1.54, 1.807) is 0 Å². The molecule has 2 heteroatoms. The molecule has 114 valence electrons. The highest BCUT2D eigenvalue weighted by Crippen LogP contribution is 2.41. The van der Waals surface area contributed by atoms with Gasteiger partial charge in [0.1, 0.15) is 0 Å². The predicted molar refractivity (Wildman–Crippen MR) is 85.3 cm³/mol. The molecule has 1 fully saturated rings. The summed E-state index contributed by atoms with van der Waals surface area (Å²) < 4.78 is 0. The fourth-order valence-electron chi connectivity index (χ4n) is 3.56. The number of likely N-dealkylation sites (N-methyl/N-ethyl adjacent to an activating group) is 1. The van der Waals surface area contributed by atoms with Gasteiger partial charge in [0.15, 0.2) is 0 Å². The molecule has 3 unspecified atom stereocenters. The second-order valence-corrected chi connectivity index (χ2v) is 7.56. The van der Waals surface area contributed by atoms with E-state index >= 15 is 0 Å². The molecule has 0 radical (unpaired) electrons. The molecule has 2 nitrogen and oxygen atoms in total. The molecule has 0 aromatic carbocycles. The molecule has 0 heterocycles. The Balaban J connectivity index is 2.74. The van der Waals surface area contributed by atoms with E-state index < -0.39 is 0 Å². The van der Waals surface area contributed by atoms with Crippen molar-refractivity contribution in [3.63, 3.8) is 0 Å². The van der Waals surface area contributed by atoms with Crippen LogP contribution in [-0.4, -0.2) is 30.1 Å². The van der Waals surface area contributed by atoms with Gasteiger partial charge < -0.3 is 5.73 Å². The molecule has 1 saturated carbocycles. The molecule has 0 bridgehead atoms. The van der Waals surface area contributed by atoms with Crippen LogP contribution in [0.3, 0.4) is 0 Å². The Kier molecular flexibility index (Phi) is 6.32. The van der Waals surface area contributed by atoms with Crippen LogP contribution in [0, 0.1) is 17.3 Å². The molecular weight excluding hydrogens is 232 g/mol. The second kappa shape index (κ2) is 7.08. The van der Waals surface area contributed by atoms with Gasteiger partial charge >= 0.3 is 0 Å². The average Bonchev–Trinajstić information content (AvgIpc) is 2.36. The highest BCUT2D eigenvalue weighted by Gasteiger charge is 2.37. The molecule has 19 heavy (non-hydrogen) atoms. The van der Waals surface area contributed by atoms with Crippen LogP contribution in [0.2, 0.25) is 0 Å². The summed E-state index contributed by atoms with van der Waals surface area (Å²) in [6, 6.07) is 0.972. The van der Waals surface area contributed by atoms with Gasteiger partial charge in [-0.15, -0.1) is 0 Å². The lowest BCUT2D eigenvalue weighted by Crippen LogP contribution is -2.53. The van der Waals surface area contributed by atoms with Gasteiger partial charge in [0, 0.05) is 18.6 Å². The monoisotopic (exact) mass is 268 g/mol. The third-order valence-corrected chi connectivity index (χ3v) is 5.36. The molecule has 0 aromatic heterocycles. The molecule has 0 aromatic rings. The minimum atomic E-state index is 0.377. The highest BCUT2D eigenvalue weighted by molar-refractivity contribution is 4.93. The Morgan fingerprint density at radius 1 is 1.21 bits per heavy atom. The number of nitrogens with two attached hydrogens (primary N) is 1. The molecule has 0 spiro atoms. The van der Waals surface area contributed by atoms with Crippen molar-refractivity contribution in [2.75, 3.05) is 13.1 Å². The van der Waals surface area contributed by atoms with E-state index in [0.717, 1.165) is 18.4 Å². The summed E-state index contributed by atoms with van der Waals surface area (Å²) in [6.45, 7) is 16.4. The van der Waals surface area contributed by atoms with E-state index in [0.29, 0.717) is 17.5 Å². The van der Waals surface area contributed by atoms with E-state index in [4.69, 9.17) is 5.73 Å². The van der Waals surface area contributed by atoms with Gasteiger partial charge in [-0.3, -0.25) is 4.90 Å². The summed E-state index contributed by atoms with van der Waals surface area (Å²) >= 11 is 0. The highest BCUT2D eigenvalue weighted by atomic mass is 15.2. The number of hydrogen-bond donors (Lipinski definition) is 1. The first-order valence-electron chi connectivity index (χ1n) is 8.31. The average molecular weight is 268 g/mol. The van der Waals surface area contributed by atoms with Crippen LogP contribution in [0.1, 0.15) is 67.2 Å². The molecule has 1 aliphatic rings. The molecule has 1 rings (SSSR count). The van der Waals surface area contributed by atoms with E-state index in [2.05, 4.69) is 46.4 Å². The van der Waals surface area contributed by atoms with Crippen LogP contribution in [0.15, 0.2) is 0 Å². The van der Waals surface area contributed by atoms with Crippen LogP contribution in [-0.2, 0) is 0 Å². The van der Waals surface area contributed by atoms with Crippen LogP contribution in [0.25, 0.3) is 0 Å². The summed E-state index contributed by atoms with van der Waals surface area (Å²) in [5.74, 6) is 1.57. The number of rotatable bonds is 6. The minimum Gasteiger partial charge on any atom is -0.326 e. The molecule has 3 atom stereocenters. The fourth-order valence-corrected chi connectivity index (χ4v) is 3.56. The molecule has 1 aliphatic carbocycles. The summed E-state index contributed by atoms with van der Waals surface area (Å²) in [6.07, 6.45) is 5.09. The SMILES string of the molecule is CCN(CC(C)C)C1CC(C(C)(C)CC)CCC1N. The minimum absolute atomic E-state index is 0.377. The topological polar surface area (TPSA) is 29.3 Å². The third-order valence-electron chi connectivity index (χ3n) is 5.36. The molecule has 0 aliphatic heterocycles. The van der Waals surface area contributed by atoms with Gasteiger partial charge in [-0.1, -0.05) is 48.0 Å². The summed E-state index contributed by atoms with van der Waals surface area (Å²) in [5, 5.41) is 0. The summed E-state index contributed by atoms with van der Waals surface area (Å²) in [4.78, 5) is 2.63. The largest absolute Gasteiger partial charge is 0.326 e. The summed E-state index contributed by atoms with van der Waals surface area (Å²) in [7, 11) is 0. The molecule has 2 N–H and O–H groups in total. The van der Waals surface area contributed by atoms with Gasteiger partial charge in [-0.2, -0.15) is 0 Å². The first-order valence-corrected chi connectivity index (χ1v) is 8.31. The van der Waals surface area contributed by atoms with Crippen LogP contribution >= 0.6 is 0 Å². The number of hydrogen-bond acceptors (Lipinski definition) is 2. The second-order valence-electron chi connectivity index (χ2n) is 7.56. The van der Waals surface area contributed by atoms with Crippen LogP contribution in [0.5, 0.6) is 0 Å². The first kappa shape index (κ1) is 17.0. The van der Waals surface area contributed by atoms with E-state index in [9.17, 15) is 0 Å². The molecular formula is C17H36N2. The Labute approximate surface area is 121 Å². The molecule has 0 saturated heterocycles. The zero-order valence-corrected chi connectivity index (χ0v) is 14.1. The fraction of sp³-hybridized carbons (Fsp3) is 1.00. The lowest BCUT2D eigenvalue weighted by atomic mass is 9.67. The zero-order chi connectivity index (χ0) is 14.6. The summed E-state index contributed by atoms with van der Waals surface area (Å²) in [5.41, 5.74) is 6.90. The Hall–Kier alpha value is -0.0800. The van der Waals surface area contributed by atoms with Gasteiger partial charge in [0.2, 0.25) is 0 Å². The maximum absolute atomic E-state index is 6.44. The van der Waals surface area contributed by atoms with Crippen molar-refractivity contribution in [1.82, 2.24) is 4.90 Å². The lowest BCUT2D eigenvalue weighted by molar-refractivity contribution is 0.0568. The first-order chi connectivity index (χ1) is 8.81. The van der Waals surface area contributed by atoms with Crippen molar-refractivity contribution in [3.8, 4) is 0 Å². The van der Waals surface area contributed by atoms with Crippen molar-refractivity contribution in [2.45, 2.75) is 79.3 Å². The Bertz CT molecular complexity index is 260. The quantitative estimate of drug-likeness (QED) is 0.791. The zero-order valence-electron chi connectivity index (χ0n) is 14.1. The van der Waals surface area contributed by atoms with Gasteiger partial charge in [-0.25, -0.2) is 0 Å². The van der Waals surface area contributed by atoms with Crippen LogP contribution < -0.4 is 5.73 Å². The van der Waals surface area contributed by atoms with Crippen molar-refractivity contribution in [2.24, 2.45) is 23.0 Å². The number of nitrogens with zero attached hydrogens (tertiary/aromatic N) is 1. The predicted octanol–water partition coefficient (Wildman–Crippen LogP) is 3.90. The van der Waals surface area contributed by atoms with Gasteiger partial charge in [0.05, 0.1) is 0 Å². The van der Waals surface area contributed by atoms with E-state index in [-0.39, 0.29) is 0 Å². The molecule has 0 amide bonds. The van der Waals surface area contributed by atoms with Gasteiger partial charge in [0.25, 0.3) is 0 Å². The van der Waals surface area contributed by atoms with Crippen molar-refractivity contribution in [3.05, 3.63) is 0 Å². The van der Waals surface area contributed by atoms with Crippen molar-refractivity contribution in [1.29, 1.82) is 0 Å². The standard InChI is InChI=1S/C17H36N2/c1-7-17(5,6)14-9-10-15(18)16(11-14)19(8-2)12-13(3)4/h13-16H,7-12,18H2,1-6H3. The normalized spacial score (nSPS) is 29.2. The maximum atomic E-state index is 6.44. The van der Waals surface area contributed by atoms with E-state index in [1.807, 2.05) is 0 Å². The van der Waals surface area contributed by atoms with Gasteiger partial charge in [-0.05, 0) is 43.1 Å². The maximum Gasteiger partial charge on any atom is 0.0250 e. The smallest absolute Gasteiger partial charge is 0.0250 e.